The Hall–Kier alpha value is -1.31. The molecule has 1 saturated heterocycles. The second-order valence-electron chi connectivity index (χ2n) is 4.68. The van der Waals surface area contributed by atoms with Crippen LogP contribution in [-0.2, 0) is 4.74 Å². The summed E-state index contributed by atoms with van der Waals surface area (Å²) in [4.78, 5) is 25.4. The third-order valence-corrected chi connectivity index (χ3v) is 4.33. The molecule has 0 aliphatic carbocycles. The van der Waals surface area contributed by atoms with Crippen molar-refractivity contribution in [2.45, 2.75) is 18.9 Å². The Morgan fingerprint density at radius 1 is 1.30 bits per heavy atom. The molecule has 0 saturated carbocycles. The average Bonchev–Trinajstić information content (AvgIpc) is 2.47. The van der Waals surface area contributed by atoms with Crippen molar-refractivity contribution in [1.29, 1.82) is 0 Å². The molecule has 1 aromatic rings. The summed E-state index contributed by atoms with van der Waals surface area (Å²) in [5.41, 5.74) is 0.743. The van der Waals surface area contributed by atoms with Crippen LogP contribution in [0.2, 0.25) is 0 Å². The molecule has 0 spiro atoms. The number of benzene rings is 1. The molecule has 2 rings (SSSR count). The van der Waals surface area contributed by atoms with Crippen LogP contribution >= 0.6 is 22.6 Å². The van der Waals surface area contributed by atoms with E-state index in [0.29, 0.717) is 13.1 Å². The summed E-state index contributed by atoms with van der Waals surface area (Å²) in [5.74, 6) is 0.0616. The van der Waals surface area contributed by atoms with Gasteiger partial charge in [0, 0.05) is 22.7 Å². The molecule has 5 nitrogen and oxygen atoms in total. The number of nitrogens with one attached hydrogen (secondary N) is 1. The van der Waals surface area contributed by atoms with Gasteiger partial charge in [0.2, 0.25) is 0 Å². The molecule has 0 bridgehead atoms. The number of nitrogens with zero attached hydrogens (tertiary/aromatic N) is 1. The maximum absolute atomic E-state index is 12.4. The predicted octanol–water partition coefficient (Wildman–Crippen LogP) is 2.25. The molecule has 0 radical (unpaired) electrons. The van der Waals surface area contributed by atoms with Gasteiger partial charge in [-0.05, 0) is 47.6 Å². The molecule has 1 aliphatic rings. The molecule has 1 fully saturated rings. The smallest absolute Gasteiger partial charge is 0.407 e. The fourth-order valence-electron chi connectivity index (χ4n) is 2.26. The third kappa shape index (κ3) is 3.62. The van der Waals surface area contributed by atoms with Crippen molar-refractivity contribution in [3.8, 4) is 0 Å². The van der Waals surface area contributed by atoms with E-state index in [1.807, 2.05) is 29.2 Å². The van der Waals surface area contributed by atoms with Crippen molar-refractivity contribution < 1.29 is 14.3 Å². The number of hydrogen-bond acceptors (Lipinski definition) is 3. The Labute approximate surface area is 131 Å². The molecular formula is C14H17IN2O3. The lowest BCUT2D eigenvalue weighted by Gasteiger charge is -2.32. The van der Waals surface area contributed by atoms with E-state index in [1.165, 1.54) is 7.11 Å². The largest absolute Gasteiger partial charge is 0.453 e. The van der Waals surface area contributed by atoms with Crippen molar-refractivity contribution in [2.75, 3.05) is 20.2 Å². The molecular weight excluding hydrogens is 371 g/mol. The van der Waals surface area contributed by atoms with Crippen LogP contribution in [0.1, 0.15) is 23.2 Å². The van der Waals surface area contributed by atoms with Crippen molar-refractivity contribution >= 4 is 34.6 Å². The van der Waals surface area contributed by atoms with E-state index in [4.69, 9.17) is 0 Å². The highest BCUT2D eigenvalue weighted by Gasteiger charge is 2.25. The van der Waals surface area contributed by atoms with E-state index in [1.54, 1.807) is 0 Å². The molecule has 1 aliphatic heterocycles. The van der Waals surface area contributed by atoms with E-state index in [9.17, 15) is 9.59 Å². The molecule has 20 heavy (non-hydrogen) atoms. The Morgan fingerprint density at radius 3 is 2.55 bits per heavy atom. The summed E-state index contributed by atoms with van der Waals surface area (Å²) < 4.78 is 5.54. The molecule has 0 atom stereocenters. The van der Waals surface area contributed by atoms with Gasteiger partial charge in [-0.15, -0.1) is 0 Å². The summed E-state index contributed by atoms with van der Waals surface area (Å²) in [7, 11) is 1.35. The van der Waals surface area contributed by atoms with Gasteiger partial charge in [0.15, 0.2) is 0 Å². The van der Waals surface area contributed by atoms with E-state index in [2.05, 4.69) is 32.6 Å². The molecule has 108 valence electrons. The second kappa shape index (κ2) is 6.92. The number of hydrogen-bond donors (Lipinski definition) is 1. The van der Waals surface area contributed by atoms with Gasteiger partial charge in [0.1, 0.15) is 0 Å². The van der Waals surface area contributed by atoms with Crippen molar-refractivity contribution in [3.63, 3.8) is 0 Å². The van der Waals surface area contributed by atoms with Crippen LogP contribution in [0.5, 0.6) is 0 Å². The highest BCUT2D eigenvalue weighted by atomic mass is 127. The fraction of sp³-hybridized carbons (Fsp3) is 0.429. The summed E-state index contributed by atoms with van der Waals surface area (Å²) in [6.07, 6.45) is 1.10. The number of ether oxygens (including phenoxy) is 1. The maximum atomic E-state index is 12.4. The highest BCUT2D eigenvalue weighted by Crippen LogP contribution is 2.18. The van der Waals surface area contributed by atoms with E-state index in [0.717, 1.165) is 22.0 Å². The summed E-state index contributed by atoms with van der Waals surface area (Å²) >= 11 is 2.18. The Bertz CT molecular complexity index is 499. The standard InChI is InChI=1S/C14H17IN2O3/c1-20-14(19)16-10-6-8-17(9-7-10)13(18)11-4-2-3-5-12(11)15/h2-5,10H,6-9H2,1H3,(H,16,19). The van der Waals surface area contributed by atoms with Crippen molar-refractivity contribution in [1.82, 2.24) is 10.2 Å². The van der Waals surface area contributed by atoms with E-state index in [-0.39, 0.29) is 11.9 Å². The number of amides is 2. The van der Waals surface area contributed by atoms with Gasteiger partial charge in [-0.2, -0.15) is 0 Å². The number of piperidine rings is 1. The third-order valence-electron chi connectivity index (χ3n) is 3.39. The number of carbonyl (C=O) groups is 2. The first-order valence-electron chi connectivity index (χ1n) is 6.50. The maximum Gasteiger partial charge on any atom is 0.407 e. The fourth-order valence-corrected chi connectivity index (χ4v) is 2.88. The summed E-state index contributed by atoms with van der Waals surface area (Å²) in [5, 5.41) is 2.78. The van der Waals surface area contributed by atoms with Crippen LogP contribution in [0.25, 0.3) is 0 Å². The van der Waals surface area contributed by atoms with Crippen LogP contribution in [-0.4, -0.2) is 43.1 Å². The minimum Gasteiger partial charge on any atom is -0.453 e. The lowest BCUT2D eigenvalue weighted by molar-refractivity contribution is 0.0703. The van der Waals surface area contributed by atoms with Crippen LogP contribution in [0.15, 0.2) is 24.3 Å². The number of likely N-dealkylation sites (tertiary alicyclic amines) is 1. The SMILES string of the molecule is COC(=O)NC1CCN(C(=O)c2ccccc2I)CC1. The minimum atomic E-state index is -0.410. The topological polar surface area (TPSA) is 58.6 Å². The van der Waals surface area contributed by atoms with Crippen LogP contribution in [0.3, 0.4) is 0 Å². The zero-order valence-electron chi connectivity index (χ0n) is 11.3. The Kier molecular flexibility index (Phi) is 5.22. The van der Waals surface area contributed by atoms with Gasteiger partial charge < -0.3 is 15.0 Å². The van der Waals surface area contributed by atoms with Gasteiger partial charge in [-0.25, -0.2) is 4.79 Å². The van der Waals surface area contributed by atoms with Crippen LogP contribution in [0.4, 0.5) is 4.79 Å². The molecule has 0 aromatic heterocycles. The van der Waals surface area contributed by atoms with Gasteiger partial charge in [0.25, 0.3) is 5.91 Å². The highest BCUT2D eigenvalue weighted by molar-refractivity contribution is 14.1. The predicted molar refractivity (Wildman–Crippen MR) is 83.6 cm³/mol. The Morgan fingerprint density at radius 2 is 1.95 bits per heavy atom. The number of rotatable bonds is 2. The number of carbonyl (C=O) groups excluding carboxylic acids is 2. The molecule has 1 N–H and O–H groups in total. The van der Waals surface area contributed by atoms with Crippen LogP contribution < -0.4 is 5.32 Å². The molecule has 2 amide bonds. The van der Waals surface area contributed by atoms with Gasteiger partial charge in [-0.3, -0.25) is 4.79 Å². The van der Waals surface area contributed by atoms with E-state index >= 15 is 0 Å². The normalized spacial score (nSPS) is 15.8. The molecule has 0 unspecified atom stereocenters. The first-order valence-corrected chi connectivity index (χ1v) is 7.58. The first kappa shape index (κ1) is 15.1. The number of methoxy groups -OCH3 is 1. The Balaban J connectivity index is 1.92. The van der Waals surface area contributed by atoms with Crippen molar-refractivity contribution in [3.05, 3.63) is 33.4 Å². The van der Waals surface area contributed by atoms with Gasteiger partial charge in [0.05, 0.1) is 12.7 Å². The monoisotopic (exact) mass is 388 g/mol. The lowest BCUT2D eigenvalue weighted by atomic mass is 10.0. The zero-order valence-corrected chi connectivity index (χ0v) is 13.4. The van der Waals surface area contributed by atoms with Gasteiger partial charge in [-0.1, -0.05) is 12.1 Å². The minimum absolute atomic E-state index is 0.0616. The molecule has 6 heteroatoms. The van der Waals surface area contributed by atoms with E-state index < -0.39 is 6.09 Å². The van der Waals surface area contributed by atoms with Gasteiger partial charge >= 0.3 is 6.09 Å². The lowest BCUT2D eigenvalue weighted by Crippen LogP contribution is -2.46. The number of halogens is 1. The average molecular weight is 388 g/mol. The number of alkyl carbamates (subject to hydrolysis) is 1. The molecule has 1 heterocycles. The second-order valence-corrected chi connectivity index (χ2v) is 5.84. The summed E-state index contributed by atoms with van der Waals surface area (Å²) in [6.45, 7) is 1.30. The van der Waals surface area contributed by atoms with Crippen LogP contribution in [0, 0.1) is 3.57 Å². The molecule has 1 aromatic carbocycles. The zero-order chi connectivity index (χ0) is 14.5. The van der Waals surface area contributed by atoms with Crippen molar-refractivity contribution in [2.24, 2.45) is 0 Å². The quantitative estimate of drug-likeness (QED) is 0.791. The first-order chi connectivity index (χ1) is 9.61. The summed E-state index contributed by atoms with van der Waals surface area (Å²) in [6, 6.07) is 7.66.